The van der Waals surface area contributed by atoms with Gasteiger partial charge in [0.05, 0.1) is 10.7 Å². The zero-order valence-corrected chi connectivity index (χ0v) is 9.31. The maximum Gasteiger partial charge on any atom is 0.417 e. The van der Waals surface area contributed by atoms with Gasteiger partial charge in [0.2, 0.25) is 0 Å². The van der Waals surface area contributed by atoms with E-state index < -0.39 is 17.3 Å². The monoisotopic (exact) mass is 260 g/mol. The summed E-state index contributed by atoms with van der Waals surface area (Å²) in [6.45, 7) is 0. The molecule has 1 aliphatic rings. The van der Waals surface area contributed by atoms with Gasteiger partial charge in [0.25, 0.3) is 5.56 Å². The van der Waals surface area contributed by atoms with Crippen LogP contribution in [-0.4, -0.2) is 9.73 Å². The molecule has 0 spiro atoms. The van der Waals surface area contributed by atoms with Gasteiger partial charge >= 0.3 is 6.18 Å². The Morgan fingerprint density at radius 3 is 2.59 bits per heavy atom. The fourth-order valence-corrected chi connectivity index (χ4v) is 1.59. The highest BCUT2D eigenvalue weighted by Gasteiger charge is 2.34. The van der Waals surface area contributed by atoms with Crippen molar-refractivity contribution in [3.63, 3.8) is 0 Å². The van der Waals surface area contributed by atoms with Crippen LogP contribution < -0.4 is 5.56 Å². The van der Waals surface area contributed by atoms with Gasteiger partial charge in [-0.1, -0.05) is 0 Å². The van der Waals surface area contributed by atoms with Gasteiger partial charge in [0, 0.05) is 12.2 Å². The number of thiocarbonyl (C=S) groups is 1. The van der Waals surface area contributed by atoms with Crippen molar-refractivity contribution in [1.29, 1.82) is 0 Å². The lowest BCUT2D eigenvalue weighted by molar-refractivity contribution is -0.138. The van der Waals surface area contributed by atoms with Crippen molar-refractivity contribution >= 4 is 23.1 Å². The number of rotatable bonds is 2. The first-order valence-electron chi connectivity index (χ1n) is 4.84. The summed E-state index contributed by atoms with van der Waals surface area (Å²) in [5, 5.41) is 1.92. The Morgan fingerprint density at radius 2 is 2.12 bits per heavy atom. The fraction of sp³-hybridized carbons (Fsp3) is 0.400. The van der Waals surface area contributed by atoms with Crippen LogP contribution in [-0.2, 0) is 6.18 Å². The molecule has 0 saturated heterocycles. The van der Waals surface area contributed by atoms with Crippen LogP contribution in [0, 0.1) is 0 Å². The maximum atomic E-state index is 12.6. The Bertz CT molecular complexity index is 554. The Balaban J connectivity index is 2.64. The summed E-state index contributed by atoms with van der Waals surface area (Å²) in [4.78, 5) is 15.1. The van der Waals surface area contributed by atoms with Crippen LogP contribution in [0.15, 0.2) is 22.1 Å². The van der Waals surface area contributed by atoms with E-state index in [1.807, 2.05) is 5.16 Å². The molecule has 1 heterocycles. The molecular formula is C10H7F3N2OS. The third-order valence-electron chi connectivity index (χ3n) is 2.46. The Hall–Kier alpha value is -1.46. The second kappa shape index (κ2) is 4.09. The molecule has 3 nitrogen and oxygen atoms in total. The van der Waals surface area contributed by atoms with Gasteiger partial charge in [0.1, 0.15) is 5.69 Å². The molecule has 0 radical (unpaired) electrons. The molecule has 1 fully saturated rings. The summed E-state index contributed by atoms with van der Waals surface area (Å²) in [5.74, 6) is 0. The lowest BCUT2D eigenvalue weighted by Crippen LogP contribution is -2.21. The van der Waals surface area contributed by atoms with Crippen LogP contribution >= 0.6 is 12.2 Å². The molecule has 2 rings (SSSR count). The van der Waals surface area contributed by atoms with Crippen LogP contribution in [0.25, 0.3) is 0 Å². The third kappa shape index (κ3) is 2.45. The molecule has 0 atom stereocenters. The van der Waals surface area contributed by atoms with E-state index in [1.165, 1.54) is 0 Å². The number of pyridine rings is 1. The average Bonchev–Trinajstić information content (AvgIpc) is 3.03. The first-order valence-corrected chi connectivity index (χ1v) is 5.25. The average molecular weight is 260 g/mol. The van der Waals surface area contributed by atoms with Gasteiger partial charge in [-0.05, 0) is 31.1 Å². The first-order chi connectivity index (χ1) is 7.93. The number of hydrogen-bond acceptors (Lipinski definition) is 3. The molecule has 7 heteroatoms. The van der Waals surface area contributed by atoms with Crippen LogP contribution in [0.5, 0.6) is 0 Å². The molecule has 1 saturated carbocycles. The summed E-state index contributed by atoms with van der Waals surface area (Å²) in [6.07, 6.45) is -2.25. The number of aliphatic imine (C=N–C) groups is 1. The minimum absolute atomic E-state index is 0.149. The molecule has 90 valence electrons. The minimum atomic E-state index is -4.50. The maximum absolute atomic E-state index is 12.6. The van der Waals surface area contributed by atoms with Crippen molar-refractivity contribution in [1.82, 2.24) is 4.57 Å². The van der Waals surface area contributed by atoms with E-state index in [2.05, 4.69) is 17.2 Å². The van der Waals surface area contributed by atoms with E-state index in [4.69, 9.17) is 0 Å². The molecule has 0 bridgehead atoms. The fourth-order valence-electron chi connectivity index (χ4n) is 1.50. The van der Waals surface area contributed by atoms with Gasteiger partial charge in [-0.2, -0.15) is 18.2 Å². The highest BCUT2D eigenvalue weighted by molar-refractivity contribution is 7.78. The van der Waals surface area contributed by atoms with E-state index in [9.17, 15) is 18.0 Å². The van der Waals surface area contributed by atoms with Crippen molar-refractivity contribution in [2.24, 2.45) is 4.99 Å². The zero-order chi connectivity index (χ0) is 12.6. The first kappa shape index (κ1) is 12.0. The normalized spacial score (nSPS) is 15.5. The molecule has 17 heavy (non-hydrogen) atoms. The van der Waals surface area contributed by atoms with Crippen molar-refractivity contribution in [2.75, 3.05) is 0 Å². The second-order valence-corrected chi connectivity index (χ2v) is 3.94. The van der Waals surface area contributed by atoms with Crippen LogP contribution in [0.2, 0.25) is 0 Å². The SMILES string of the molecule is O=c1c(N=C=S)cc(C(F)(F)F)cn1C1CC1. The Labute approximate surface area is 99.6 Å². The Morgan fingerprint density at radius 1 is 1.47 bits per heavy atom. The largest absolute Gasteiger partial charge is 0.417 e. The number of alkyl halides is 3. The highest BCUT2D eigenvalue weighted by Crippen LogP contribution is 2.36. The van der Waals surface area contributed by atoms with E-state index in [0.29, 0.717) is 18.9 Å². The van der Waals surface area contributed by atoms with Gasteiger partial charge < -0.3 is 4.57 Å². The summed E-state index contributed by atoms with van der Waals surface area (Å²) >= 11 is 4.31. The van der Waals surface area contributed by atoms with Crippen molar-refractivity contribution < 1.29 is 13.2 Å². The molecule has 0 aromatic carbocycles. The van der Waals surface area contributed by atoms with E-state index in [-0.39, 0.29) is 11.7 Å². The van der Waals surface area contributed by atoms with E-state index in [0.717, 1.165) is 10.8 Å². The summed E-state index contributed by atoms with van der Waals surface area (Å²) < 4.78 is 38.9. The topological polar surface area (TPSA) is 34.4 Å². The standard InChI is InChI=1S/C10H7F3N2OS/c11-10(12,13)6-3-8(14-5-17)9(16)15(4-6)7-1-2-7/h3-4,7H,1-2H2. The lowest BCUT2D eigenvalue weighted by atomic mass is 10.2. The summed E-state index contributed by atoms with van der Waals surface area (Å²) in [7, 11) is 0. The van der Waals surface area contributed by atoms with Gasteiger partial charge in [-0.3, -0.25) is 4.79 Å². The van der Waals surface area contributed by atoms with Crippen LogP contribution in [0.4, 0.5) is 18.9 Å². The van der Waals surface area contributed by atoms with Crippen LogP contribution in [0.3, 0.4) is 0 Å². The number of aromatic nitrogens is 1. The number of isothiocyanates is 1. The van der Waals surface area contributed by atoms with E-state index >= 15 is 0 Å². The number of hydrogen-bond donors (Lipinski definition) is 0. The smallest absolute Gasteiger partial charge is 0.310 e. The molecule has 1 aromatic heterocycles. The van der Waals surface area contributed by atoms with E-state index in [1.54, 1.807) is 0 Å². The number of halogens is 3. The lowest BCUT2D eigenvalue weighted by Gasteiger charge is -2.11. The molecule has 0 N–H and O–H groups in total. The van der Waals surface area contributed by atoms with Gasteiger partial charge in [-0.15, -0.1) is 0 Å². The third-order valence-corrected chi connectivity index (χ3v) is 2.55. The summed E-state index contributed by atoms with van der Waals surface area (Å²) in [5.41, 5.74) is -1.77. The number of nitrogens with zero attached hydrogens (tertiary/aromatic N) is 2. The van der Waals surface area contributed by atoms with Crippen molar-refractivity contribution in [3.05, 3.63) is 28.2 Å². The second-order valence-electron chi connectivity index (χ2n) is 3.76. The molecule has 0 unspecified atom stereocenters. The van der Waals surface area contributed by atoms with Gasteiger partial charge in [0.15, 0.2) is 0 Å². The quantitative estimate of drug-likeness (QED) is 0.605. The van der Waals surface area contributed by atoms with Crippen molar-refractivity contribution in [2.45, 2.75) is 25.1 Å². The molecule has 0 amide bonds. The van der Waals surface area contributed by atoms with Crippen LogP contribution in [0.1, 0.15) is 24.4 Å². The predicted molar refractivity (Wildman–Crippen MR) is 58.7 cm³/mol. The zero-order valence-electron chi connectivity index (χ0n) is 8.49. The van der Waals surface area contributed by atoms with Gasteiger partial charge in [-0.25, -0.2) is 0 Å². The minimum Gasteiger partial charge on any atom is -0.310 e. The molecule has 0 aliphatic heterocycles. The Kier molecular flexibility index (Phi) is 2.89. The highest BCUT2D eigenvalue weighted by atomic mass is 32.1. The summed E-state index contributed by atoms with van der Waals surface area (Å²) in [6, 6.07) is 0.546. The predicted octanol–water partition coefficient (Wildman–Crippen LogP) is 2.94. The molecular weight excluding hydrogens is 253 g/mol. The molecule has 1 aliphatic carbocycles. The van der Waals surface area contributed by atoms with Crippen molar-refractivity contribution in [3.8, 4) is 0 Å². The molecule has 1 aromatic rings.